The van der Waals surface area contributed by atoms with Crippen LogP contribution in [-0.2, 0) is 13.9 Å². The lowest BCUT2D eigenvalue weighted by molar-refractivity contribution is -0.137. The molecule has 0 aliphatic rings. The van der Waals surface area contributed by atoms with E-state index in [4.69, 9.17) is 15.4 Å². The Bertz CT molecular complexity index is 238. The van der Waals surface area contributed by atoms with Crippen molar-refractivity contribution in [1.82, 2.24) is 0 Å². The zero-order chi connectivity index (χ0) is 11.1. The summed E-state index contributed by atoms with van der Waals surface area (Å²) in [7, 11) is -3.34. The minimum Gasteiger partial charge on any atom is -0.480 e. The Hall–Kier alpha value is 0.0400. The number of carboxylic acid groups (broad SMARTS) is 1. The third kappa shape index (κ3) is 14.9. The molecule has 0 fully saturated rings. The van der Waals surface area contributed by atoms with Gasteiger partial charge in [0.1, 0.15) is 6.04 Å². The monoisotopic (exact) mass is 249 g/mol. The van der Waals surface area contributed by atoms with Crippen molar-refractivity contribution in [3.05, 3.63) is 0 Å². The molecule has 0 aliphatic carbocycles. The Labute approximate surface area is 85.4 Å². The highest BCUT2D eigenvalue weighted by Crippen LogP contribution is 1.99. The normalized spacial score (nSPS) is 12.6. The van der Waals surface area contributed by atoms with Crippen LogP contribution in [0.4, 0.5) is 0 Å². The zero-order valence-corrected chi connectivity index (χ0v) is 9.27. The first-order chi connectivity index (χ1) is 5.74. The summed E-state index contributed by atoms with van der Waals surface area (Å²) < 4.78 is 26.8. The average Bonchev–Trinajstić information content (AvgIpc) is 2.02. The molecule has 13 heavy (non-hydrogen) atoms. The first-order valence-corrected chi connectivity index (χ1v) is 6.68. The van der Waals surface area contributed by atoms with Crippen LogP contribution in [0.1, 0.15) is 0 Å². The van der Waals surface area contributed by atoms with Crippen LogP contribution in [0.2, 0.25) is 0 Å². The van der Waals surface area contributed by atoms with Crippen LogP contribution in [0, 0.1) is 0 Å². The van der Waals surface area contributed by atoms with Gasteiger partial charge in [-0.1, -0.05) is 0 Å². The zero-order valence-electron chi connectivity index (χ0n) is 6.74. The fourth-order valence-electron chi connectivity index (χ4n) is 0.0781. The average molecular weight is 249 g/mol. The summed E-state index contributed by atoms with van der Waals surface area (Å²) in [6.45, 7) is 0. The summed E-state index contributed by atoms with van der Waals surface area (Å²) in [5.41, 5.74) is 4.94. The van der Waals surface area contributed by atoms with Gasteiger partial charge in [-0.05, 0) is 17.0 Å². The van der Waals surface area contributed by atoms with Crippen LogP contribution in [0.15, 0.2) is 0 Å². The second kappa shape index (κ2) is 7.44. The molecule has 0 saturated heterocycles. The van der Waals surface area contributed by atoms with E-state index in [1.165, 1.54) is 6.26 Å². The van der Waals surface area contributed by atoms with Crippen LogP contribution < -0.4 is 5.73 Å². The number of carboxylic acids is 1. The molecule has 0 radical (unpaired) electrons. The van der Waals surface area contributed by atoms with Gasteiger partial charge in [0, 0.05) is 5.75 Å². The van der Waals surface area contributed by atoms with E-state index in [0.29, 0.717) is 10.8 Å². The maximum absolute atomic E-state index is 9.76. The molecule has 0 aromatic rings. The first-order valence-electron chi connectivity index (χ1n) is 2.87. The van der Waals surface area contributed by atoms with Crippen LogP contribution >= 0.6 is 23.4 Å². The number of rotatable bonds is 3. The van der Waals surface area contributed by atoms with Crippen LogP contribution in [0.5, 0.6) is 0 Å². The van der Waals surface area contributed by atoms with Gasteiger partial charge in [0.2, 0.25) is 0 Å². The molecule has 0 heterocycles. The van der Waals surface area contributed by atoms with Crippen LogP contribution in [0.25, 0.3) is 0 Å². The predicted molar refractivity (Wildman–Crippen MR) is 54.5 cm³/mol. The maximum Gasteiger partial charge on any atom is 0.321 e. The number of hydrogen-bond acceptors (Lipinski definition) is 6. The van der Waals surface area contributed by atoms with Gasteiger partial charge in [0.25, 0.3) is 0 Å². The van der Waals surface area contributed by atoms with E-state index in [9.17, 15) is 13.2 Å². The van der Waals surface area contributed by atoms with Crippen molar-refractivity contribution < 1.29 is 22.9 Å². The molecule has 1 unspecified atom stereocenters. The fraction of sp³-hybridized carbons (Fsp3) is 0.750. The number of hydrogen-bond donors (Lipinski definition) is 4. The third-order valence-electron chi connectivity index (χ3n) is 0.725. The molecule has 1 atom stereocenters. The second-order valence-electron chi connectivity index (χ2n) is 1.72. The summed E-state index contributed by atoms with van der Waals surface area (Å²) in [6, 6.07) is -0.816. The fourth-order valence-corrected chi connectivity index (χ4v) is 0.234. The highest BCUT2D eigenvalue weighted by atomic mass is 33.1. The summed E-state index contributed by atoms with van der Waals surface area (Å²) in [4.78, 5) is 9.76. The Morgan fingerprint density at radius 3 is 2.00 bits per heavy atom. The van der Waals surface area contributed by atoms with Gasteiger partial charge in [-0.3, -0.25) is 9.35 Å². The lowest BCUT2D eigenvalue weighted by atomic mass is 10.4. The van der Waals surface area contributed by atoms with Gasteiger partial charge in [-0.25, -0.2) is 0 Å². The van der Waals surface area contributed by atoms with Crippen molar-refractivity contribution >= 4 is 38.5 Å². The quantitative estimate of drug-likeness (QED) is 0.302. The van der Waals surface area contributed by atoms with E-state index in [2.05, 4.69) is 12.6 Å². The standard InChI is InChI=1S/C3H7NO2S.CH4O3S2/c4-2(1-7)3(5)6;1-5-6(2,3)4/h2,7H,1,4H2,(H,5,6);1H3,(H,2,3,4). The van der Waals surface area contributed by atoms with Gasteiger partial charge in [0.05, 0.1) is 0 Å². The highest BCUT2D eigenvalue weighted by molar-refractivity contribution is 8.69. The van der Waals surface area contributed by atoms with Gasteiger partial charge < -0.3 is 10.8 Å². The Kier molecular flexibility index (Phi) is 8.88. The van der Waals surface area contributed by atoms with Crippen molar-refractivity contribution in [2.24, 2.45) is 5.73 Å². The number of nitrogens with two attached hydrogens (primary N) is 1. The minimum absolute atomic E-state index is 0.190. The molecular formula is C4H11NO5S3. The molecule has 0 spiro atoms. The molecule has 0 aromatic heterocycles. The summed E-state index contributed by atoms with van der Waals surface area (Å²) >= 11 is 3.65. The first kappa shape index (κ1) is 15.5. The Morgan fingerprint density at radius 2 is 2.00 bits per heavy atom. The summed E-state index contributed by atoms with van der Waals surface area (Å²) in [5.74, 6) is -0.815. The smallest absolute Gasteiger partial charge is 0.321 e. The van der Waals surface area contributed by atoms with Crippen molar-refractivity contribution in [3.63, 3.8) is 0 Å². The molecule has 0 rings (SSSR count). The van der Waals surface area contributed by atoms with Gasteiger partial charge >= 0.3 is 15.1 Å². The molecule has 0 aliphatic heterocycles. The molecule has 0 aromatic carbocycles. The minimum atomic E-state index is -3.75. The van der Waals surface area contributed by atoms with Gasteiger partial charge in [0.15, 0.2) is 0 Å². The van der Waals surface area contributed by atoms with Crippen molar-refractivity contribution in [2.75, 3.05) is 12.0 Å². The van der Waals surface area contributed by atoms with E-state index in [-0.39, 0.29) is 5.75 Å². The Morgan fingerprint density at radius 1 is 1.69 bits per heavy atom. The van der Waals surface area contributed by atoms with Crippen LogP contribution in [0.3, 0.4) is 0 Å². The number of aliphatic carboxylic acids is 1. The van der Waals surface area contributed by atoms with Crippen molar-refractivity contribution in [3.8, 4) is 0 Å². The molecule has 0 saturated carbocycles. The maximum atomic E-state index is 9.76. The lowest BCUT2D eigenvalue weighted by Crippen LogP contribution is -2.31. The number of carbonyl (C=O) groups is 1. The van der Waals surface area contributed by atoms with E-state index in [0.717, 1.165) is 0 Å². The molecule has 80 valence electrons. The summed E-state index contributed by atoms with van der Waals surface area (Å²) in [5, 5.41) is 8.01. The molecule has 0 amide bonds. The third-order valence-corrected chi connectivity index (χ3v) is 2.80. The van der Waals surface area contributed by atoms with Gasteiger partial charge in [-0.15, -0.1) is 0 Å². The number of thiol groups is 1. The topological polar surface area (TPSA) is 118 Å². The van der Waals surface area contributed by atoms with E-state index in [1.807, 2.05) is 0 Å². The molecule has 9 heteroatoms. The molecular weight excluding hydrogens is 238 g/mol. The highest BCUT2D eigenvalue weighted by Gasteiger charge is 2.06. The van der Waals surface area contributed by atoms with Crippen LogP contribution in [-0.4, -0.2) is 42.1 Å². The molecule has 4 N–H and O–H groups in total. The van der Waals surface area contributed by atoms with E-state index >= 15 is 0 Å². The second-order valence-corrected chi connectivity index (χ2v) is 5.54. The Balaban J connectivity index is 0. The molecule has 6 nitrogen and oxygen atoms in total. The lowest BCUT2D eigenvalue weighted by Gasteiger charge is -1.96. The van der Waals surface area contributed by atoms with E-state index < -0.39 is 21.2 Å². The largest absolute Gasteiger partial charge is 0.480 e. The molecule has 0 bridgehead atoms. The van der Waals surface area contributed by atoms with Crippen molar-refractivity contribution in [2.45, 2.75) is 6.04 Å². The van der Waals surface area contributed by atoms with Crippen molar-refractivity contribution in [1.29, 1.82) is 0 Å². The van der Waals surface area contributed by atoms with E-state index in [1.54, 1.807) is 0 Å². The van der Waals surface area contributed by atoms with Gasteiger partial charge in [-0.2, -0.15) is 21.0 Å². The SMILES string of the molecule is CSS(=O)(=O)O.NC(CS)C(=O)O. The predicted octanol–water partition coefficient (Wildman–Crippen LogP) is -0.520. The summed E-state index contributed by atoms with van der Waals surface area (Å²) in [6.07, 6.45) is 1.29.